The Morgan fingerprint density at radius 1 is 1.00 bits per heavy atom. The molecule has 1 aliphatic carbocycles. The van der Waals surface area contributed by atoms with Crippen LogP contribution < -0.4 is 0 Å². The van der Waals surface area contributed by atoms with E-state index in [1.807, 2.05) is 42.5 Å². The van der Waals surface area contributed by atoms with Crippen molar-refractivity contribution in [3.8, 4) is 0 Å². The third-order valence-corrected chi connectivity index (χ3v) is 7.61. The lowest BCUT2D eigenvalue weighted by Crippen LogP contribution is -2.47. The first-order valence-corrected chi connectivity index (χ1v) is 13.8. The first-order valence-electron chi connectivity index (χ1n) is 13.8. The summed E-state index contributed by atoms with van der Waals surface area (Å²) >= 11 is 0. The van der Waals surface area contributed by atoms with E-state index in [1.54, 1.807) is 37.8 Å². The highest BCUT2D eigenvalue weighted by Gasteiger charge is 2.31. The fourth-order valence-corrected chi connectivity index (χ4v) is 5.34. The summed E-state index contributed by atoms with van der Waals surface area (Å²) in [5.41, 5.74) is 3.72. The molecular formula is C31H36N4O5. The Morgan fingerprint density at radius 3 is 2.42 bits per heavy atom. The predicted octanol–water partition coefficient (Wildman–Crippen LogP) is 2.24. The highest BCUT2D eigenvalue weighted by molar-refractivity contribution is 5.97. The molecule has 2 fully saturated rings. The standard InChI is InChI=1S/C31H36N4O5/c1-2-5-28(36)34-20-24-8-11-26(31(39)33-14-16-40-17-15-33)19-27(18-24)35(29(37)22-34)21-23-6-9-25(10-7-23)30(38)32-12-3-4-13-32/h2-4,6-11,19,28,36H,1,5,12-18,20-22H2. The summed E-state index contributed by atoms with van der Waals surface area (Å²) in [5, 5.41) is 10.7. The minimum Gasteiger partial charge on any atom is -0.378 e. The van der Waals surface area contributed by atoms with Gasteiger partial charge in [0.25, 0.3) is 11.8 Å². The van der Waals surface area contributed by atoms with Crippen molar-refractivity contribution >= 4 is 17.7 Å². The summed E-state index contributed by atoms with van der Waals surface area (Å²) in [5.74, 6) is -0.284. The number of hydrogen-bond acceptors (Lipinski definition) is 6. The van der Waals surface area contributed by atoms with Crippen LogP contribution in [-0.2, 0) is 20.9 Å². The van der Waals surface area contributed by atoms with Crippen molar-refractivity contribution in [3.63, 3.8) is 0 Å². The summed E-state index contributed by atoms with van der Waals surface area (Å²) in [7, 11) is 0. The lowest BCUT2D eigenvalue weighted by molar-refractivity contribution is -0.134. The van der Waals surface area contributed by atoms with Gasteiger partial charge >= 0.3 is 0 Å². The molecule has 0 aromatic heterocycles. The molecule has 3 amide bonds. The van der Waals surface area contributed by atoms with Gasteiger partial charge < -0.3 is 24.5 Å². The van der Waals surface area contributed by atoms with Crippen LogP contribution in [0.25, 0.3) is 0 Å². The smallest absolute Gasteiger partial charge is 0.254 e. The van der Waals surface area contributed by atoms with Crippen LogP contribution in [0, 0.1) is 0 Å². The minimum absolute atomic E-state index is 0.0228. The van der Waals surface area contributed by atoms with Gasteiger partial charge in [-0.1, -0.05) is 42.0 Å². The van der Waals surface area contributed by atoms with Crippen molar-refractivity contribution in [2.24, 2.45) is 0 Å². The number of rotatable bonds is 7. The van der Waals surface area contributed by atoms with Gasteiger partial charge in [-0.15, -0.1) is 6.58 Å². The fraction of sp³-hybridized carbons (Fsp3) is 0.387. The van der Waals surface area contributed by atoms with Gasteiger partial charge in [-0.2, -0.15) is 0 Å². The molecular weight excluding hydrogens is 508 g/mol. The zero-order valence-electron chi connectivity index (χ0n) is 22.7. The number of allylic oxidation sites excluding steroid dienone is 3. The van der Waals surface area contributed by atoms with Gasteiger partial charge in [0.2, 0.25) is 5.91 Å². The summed E-state index contributed by atoms with van der Waals surface area (Å²) in [6.07, 6.45) is 11.1. The Kier molecular flexibility index (Phi) is 8.74. The normalized spacial score (nSPS) is 20.7. The molecule has 210 valence electrons. The minimum atomic E-state index is -0.846. The second-order valence-electron chi connectivity index (χ2n) is 10.4. The second kappa shape index (κ2) is 12.6. The lowest BCUT2D eigenvalue weighted by Gasteiger charge is -2.35. The maximum absolute atomic E-state index is 13.7. The second-order valence-corrected chi connectivity index (χ2v) is 10.4. The number of carbonyl (C=O) groups is 3. The highest BCUT2D eigenvalue weighted by atomic mass is 16.5. The van der Waals surface area contributed by atoms with Crippen LogP contribution in [0.3, 0.4) is 0 Å². The number of morpholine rings is 1. The van der Waals surface area contributed by atoms with E-state index < -0.39 is 6.23 Å². The molecule has 3 heterocycles. The molecule has 0 spiro atoms. The quantitative estimate of drug-likeness (QED) is 0.530. The van der Waals surface area contributed by atoms with Gasteiger partial charge in [-0.05, 0) is 29.8 Å². The average molecular weight is 545 g/mol. The summed E-state index contributed by atoms with van der Waals surface area (Å²) < 4.78 is 5.41. The van der Waals surface area contributed by atoms with Crippen molar-refractivity contribution < 1.29 is 24.2 Å². The Bertz CT molecular complexity index is 1260. The summed E-state index contributed by atoms with van der Waals surface area (Å²) in [6.45, 7) is 7.72. The number of aliphatic hydroxyl groups is 1. The molecule has 9 nitrogen and oxygen atoms in total. The number of ether oxygens (including phenoxy) is 1. The number of aliphatic hydroxyl groups excluding tert-OH is 1. The Hall–Kier alpha value is -3.79. The molecule has 1 aromatic rings. The van der Waals surface area contributed by atoms with Gasteiger partial charge in [0, 0.05) is 62.4 Å². The number of amides is 3. The van der Waals surface area contributed by atoms with Crippen LogP contribution in [0.1, 0.15) is 28.8 Å². The Balaban J connectivity index is 1.43. The molecule has 0 saturated carbocycles. The van der Waals surface area contributed by atoms with Crippen molar-refractivity contribution in [2.45, 2.75) is 25.6 Å². The third kappa shape index (κ3) is 6.33. The number of fused-ring (bicyclic) bond motifs is 2. The van der Waals surface area contributed by atoms with E-state index in [1.165, 1.54) is 0 Å². The van der Waals surface area contributed by atoms with Crippen LogP contribution in [-0.4, -0.2) is 101 Å². The van der Waals surface area contributed by atoms with Gasteiger partial charge in [0.1, 0.15) is 6.23 Å². The van der Waals surface area contributed by atoms with Crippen molar-refractivity contribution in [3.05, 3.63) is 95.3 Å². The van der Waals surface area contributed by atoms with E-state index >= 15 is 0 Å². The monoisotopic (exact) mass is 544 g/mol. The Labute approximate surface area is 235 Å². The number of benzene rings is 1. The summed E-state index contributed by atoms with van der Waals surface area (Å²) in [4.78, 5) is 46.9. The predicted molar refractivity (Wildman–Crippen MR) is 151 cm³/mol. The van der Waals surface area contributed by atoms with Crippen molar-refractivity contribution in [2.75, 3.05) is 52.5 Å². The van der Waals surface area contributed by atoms with Gasteiger partial charge in [0.05, 0.1) is 26.3 Å². The van der Waals surface area contributed by atoms with E-state index in [-0.39, 0.29) is 30.8 Å². The van der Waals surface area contributed by atoms with E-state index in [0.717, 1.165) is 16.8 Å². The molecule has 2 saturated heterocycles. The maximum Gasteiger partial charge on any atom is 0.254 e. The topological polar surface area (TPSA) is 93.6 Å². The zero-order chi connectivity index (χ0) is 28.1. The highest BCUT2D eigenvalue weighted by Crippen LogP contribution is 2.28. The molecule has 4 aliphatic rings. The number of nitrogens with zero attached hydrogens (tertiary/aromatic N) is 4. The largest absolute Gasteiger partial charge is 0.378 e. The van der Waals surface area contributed by atoms with Gasteiger partial charge in [-0.3, -0.25) is 19.3 Å². The average Bonchev–Trinajstić information content (AvgIpc) is 3.43. The maximum atomic E-state index is 13.7. The van der Waals surface area contributed by atoms with E-state index in [9.17, 15) is 19.5 Å². The third-order valence-electron chi connectivity index (χ3n) is 7.61. The van der Waals surface area contributed by atoms with Gasteiger partial charge in [-0.25, -0.2) is 0 Å². The van der Waals surface area contributed by atoms with Crippen LogP contribution in [0.15, 0.2) is 84.1 Å². The molecule has 1 atom stereocenters. The van der Waals surface area contributed by atoms with Gasteiger partial charge in [0.15, 0.2) is 0 Å². The number of hydrogen-bond donors (Lipinski definition) is 1. The van der Waals surface area contributed by atoms with Crippen LogP contribution in [0.5, 0.6) is 0 Å². The SMILES string of the molecule is C=CCC(O)N1CC(=O)N(Cc2ccc(C(=O)N3CC=CC3)cc2)C2=CC(C(=O)N3CCOCC3)=CC=C(C2)C1. The van der Waals surface area contributed by atoms with Crippen molar-refractivity contribution in [1.29, 1.82) is 0 Å². The van der Waals surface area contributed by atoms with Crippen molar-refractivity contribution in [1.82, 2.24) is 19.6 Å². The van der Waals surface area contributed by atoms with E-state index in [0.29, 0.717) is 69.9 Å². The first-order chi connectivity index (χ1) is 19.4. The van der Waals surface area contributed by atoms with Crippen LogP contribution in [0.2, 0.25) is 0 Å². The molecule has 1 unspecified atom stereocenters. The zero-order valence-corrected chi connectivity index (χ0v) is 22.7. The first kappa shape index (κ1) is 27.8. The van der Waals surface area contributed by atoms with E-state index in [4.69, 9.17) is 4.74 Å². The molecule has 40 heavy (non-hydrogen) atoms. The lowest BCUT2D eigenvalue weighted by atomic mass is 10.0. The molecule has 2 bridgehead atoms. The van der Waals surface area contributed by atoms with E-state index in [2.05, 4.69) is 6.58 Å². The molecule has 0 radical (unpaired) electrons. The fourth-order valence-electron chi connectivity index (χ4n) is 5.34. The molecule has 3 aliphatic heterocycles. The van der Waals surface area contributed by atoms with Crippen LogP contribution >= 0.6 is 0 Å². The van der Waals surface area contributed by atoms with Crippen LogP contribution in [0.4, 0.5) is 0 Å². The summed E-state index contributed by atoms with van der Waals surface area (Å²) in [6, 6.07) is 7.34. The molecule has 1 N–H and O–H groups in total. The molecule has 1 aromatic carbocycles. The Morgan fingerprint density at radius 2 is 1.73 bits per heavy atom. The molecule has 9 heteroatoms. The number of carbonyl (C=O) groups excluding carboxylic acids is 3. The molecule has 5 rings (SSSR count).